The minimum absolute atomic E-state index is 0.255. The molecular formula is C16H26ClN3O. The van der Waals surface area contributed by atoms with E-state index < -0.39 is 0 Å². The highest BCUT2D eigenvalue weighted by atomic mass is 35.5. The van der Waals surface area contributed by atoms with Crippen LogP contribution in [0, 0.1) is 6.92 Å². The highest BCUT2D eigenvalue weighted by molar-refractivity contribution is 6.30. The number of carbonyl (C=O) groups excluding carboxylic acids is 1. The monoisotopic (exact) mass is 311 g/mol. The lowest BCUT2D eigenvalue weighted by Gasteiger charge is -2.42. The van der Waals surface area contributed by atoms with Crippen molar-refractivity contribution in [2.75, 3.05) is 13.1 Å². The number of ketones is 1. The van der Waals surface area contributed by atoms with E-state index in [-0.39, 0.29) is 11.3 Å². The smallest absolute Gasteiger partial charge is 0.157 e. The number of aryl methyl sites for hydroxylation is 2. The van der Waals surface area contributed by atoms with Gasteiger partial charge in [-0.25, -0.2) is 0 Å². The summed E-state index contributed by atoms with van der Waals surface area (Å²) in [5.41, 5.74) is 1.35. The number of hydrogen-bond donors (Lipinski definition) is 0. The number of carbonyl (C=O) groups is 1. The van der Waals surface area contributed by atoms with Crippen LogP contribution in [0.15, 0.2) is 0 Å². The molecule has 1 aliphatic heterocycles. The molecule has 1 unspecified atom stereocenters. The molecule has 0 aliphatic carbocycles. The van der Waals surface area contributed by atoms with Gasteiger partial charge in [-0.3, -0.25) is 14.4 Å². The van der Waals surface area contributed by atoms with Crippen LogP contribution in [0.4, 0.5) is 0 Å². The zero-order chi connectivity index (χ0) is 15.6. The van der Waals surface area contributed by atoms with Crippen molar-refractivity contribution in [3.63, 3.8) is 0 Å². The molecule has 2 heterocycles. The van der Waals surface area contributed by atoms with Crippen molar-refractivity contribution in [3.05, 3.63) is 16.4 Å². The van der Waals surface area contributed by atoms with Crippen LogP contribution in [-0.2, 0) is 18.3 Å². The fourth-order valence-corrected chi connectivity index (χ4v) is 3.45. The van der Waals surface area contributed by atoms with E-state index in [2.05, 4.69) is 23.8 Å². The third-order valence-electron chi connectivity index (χ3n) is 4.95. The van der Waals surface area contributed by atoms with Gasteiger partial charge in [0, 0.05) is 19.0 Å². The lowest BCUT2D eigenvalue weighted by Crippen LogP contribution is -2.54. The van der Waals surface area contributed by atoms with Gasteiger partial charge in [-0.2, -0.15) is 5.10 Å². The number of rotatable bonds is 5. The predicted octanol–water partition coefficient (Wildman–Crippen LogP) is 3.15. The van der Waals surface area contributed by atoms with Gasteiger partial charge in [0.1, 0.15) is 5.15 Å². The van der Waals surface area contributed by atoms with Crippen molar-refractivity contribution in [2.24, 2.45) is 7.05 Å². The number of Topliss-reactive ketones (excluding diaryl/α,β-unsaturated/α-hetero) is 1. The third-order valence-corrected chi connectivity index (χ3v) is 5.42. The first-order valence-corrected chi connectivity index (χ1v) is 8.24. The van der Waals surface area contributed by atoms with Crippen LogP contribution in [0.5, 0.6) is 0 Å². The largest absolute Gasteiger partial charge is 0.297 e. The first-order chi connectivity index (χ1) is 9.90. The summed E-state index contributed by atoms with van der Waals surface area (Å²) in [6.07, 6.45) is 4.87. The fourth-order valence-electron chi connectivity index (χ4n) is 3.21. The van der Waals surface area contributed by atoms with Crippen molar-refractivity contribution < 1.29 is 4.79 Å². The second-order valence-electron chi connectivity index (χ2n) is 6.25. The van der Waals surface area contributed by atoms with Crippen LogP contribution in [0.25, 0.3) is 0 Å². The van der Waals surface area contributed by atoms with Gasteiger partial charge in [-0.05, 0) is 46.2 Å². The molecular weight excluding hydrogens is 286 g/mol. The zero-order valence-electron chi connectivity index (χ0n) is 13.6. The van der Waals surface area contributed by atoms with Gasteiger partial charge >= 0.3 is 0 Å². The normalized spacial score (nSPS) is 19.5. The van der Waals surface area contributed by atoms with E-state index in [0.717, 1.165) is 30.8 Å². The number of aromatic nitrogens is 2. The molecule has 5 heteroatoms. The Morgan fingerprint density at radius 3 is 2.43 bits per heavy atom. The topological polar surface area (TPSA) is 38.1 Å². The summed E-state index contributed by atoms with van der Waals surface area (Å²) < 4.78 is 1.64. The SMILES string of the molecule is CCC(C)(C(=O)Cc1c(C)nn(C)c1Cl)N1CCCCC1. The maximum absolute atomic E-state index is 12.9. The third kappa shape index (κ3) is 3.16. The number of piperidine rings is 1. The van der Waals surface area contributed by atoms with Crippen LogP contribution >= 0.6 is 11.6 Å². The Kier molecular flexibility index (Phi) is 5.10. The number of halogens is 1. The summed E-state index contributed by atoms with van der Waals surface area (Å²) in [7, 11) is 1.81. The summed E-state index contributed by atoms with van der Waals surface area (Å²) in [6, 6.07) is 0. The Bertz CT molecular complexity index is 520. The lowest BCUT2D eigenvalue weighted by molar-refractivity contribution is -0.130. The molecule has 0 spiro atoms. The molecule has 0 amide bonds. The molecule has 21 heavy (non-hydrogen) atoms. The van der Waals surface area contributed by atoms with E-state index in [1.165, 1.54) is 19.3 Å². The Labute approximate surface area is 132 Å². The summed E-state index contributed by atoms with van der Waals surface area (Å²) in [6.45, 7) is 8.15. The molecule has 1 atom stereocenters. The van der Waals surface area contributed by atoms with E-state index in [0.29, 0.717) is 11.6 Å². The Hall–Kier alpha value is -0.870. The molecule has 0 aromatic carbocycles. The van der Waals surface area contributed by atoms with Crippen LogP contribution in [0.3, 0.4) is 0 Å². The van der Waals surface area contributed by atoms with Crippen LogP contribution in [0.1, 0.15) is 50.8 Å². The zero-order valence-corrected chi connectivity index (χ0v) is 14.3. The molecule has 4 nitrogen and oxygen atoms in total. The average molecular weight is 312 g/mol. The molecule has 2 rings (SSSR count). The van der Waals surface area contributed by atoms with Gasteiger partial charge in [0.05, 0.1) is 11.2 Å². The summed E-state index contributed by atoms with van der Waals surface area (Å²) >= 11 is 6.27. The van der Waals surface area contributed by atoms with Crippen LogP contribution in [0.2, 0.25) is 5.15 Å². The second-order valence-corrected chi connectivity index (χ2v) is 6.61. The van der Waals surface area contributed by atoms with Crippen molar-refractivity contribution in [2.45, 2.75) is 58.4 Å². The maximum atomic E-state index is 12.9. The van der Waals surface area contributed by atoms with E-state index in [1.54, 1.807) is 4.68 Å². The van der Waals surface area contributed by atoms with Gasteiger partial charge in [-0.15, -0.1) is 0 Å². The Morgan fingerprint density at radius 2 is 1.95 bits per heavy atom. The minimum atomic E-state index is -0.383. The predicted molar refractivity (Wildman–Crippen MR) is 85.8 cm³/mol. The highest BCUT2D eigenvalue weighted by Crippen LogP contribution is 2.28. The summed E-state index contributed by atoms with van der Waals surface area (Å²) in [4.78, 5) is 15.3. The van der Waals surface area contributed by atoms with Crippen LogP contribution < -0.4 is 0 Å². The molecule has 1 aromatic heterocycles. The van der Waals surface area contributed by atoms with Crippen molar-refractivity contribution >= 4 is 17.4 Å². The van der Waals surface area contributed by atoms with E-state index in [9.17, 15) is 4.79 Å². The first-order valence-electron chi connectivity index (χ1n) is 7.86. The summed E-state index contributed by atoms with van der Waals surface area (Å²) in [5, 5.41) is 4.88. The molecule has 0 saturated carbocycles. The number of nitrogens with zero attached hydrogens (tertiary/aromatic N) is 3. The van der Waals surface area contributed by atoms with E-state index in [1.807, 2.05) is 14.0 Å². The van der Waals surface area contributed by atoms with Gasteiger partial charge in [0.25, 0.3) is 0 Å². The van der Waals surface area contributed by atoms with Gasteiger partial charge in [-0.1, -0.05) is 24.9 Å². The number of hydrogen-bond acceptors (Lipinski definition) is 3. The molecule has 1 saturated heterocycles. The van der Waals surface area contributed by atoms with Crippen molar-refractivity contribution in [1.29, 1.82) is 0 Å². The van der Waals surface area contributed by atoms with Crippen molar-refractivity contribution in [1.82, 2.24) is 14.7 Å². The maximum Gasteiger partial charge on any atom is 0.157 e. The van der Waals surface area contributed by atoms with E-state index in [4.69, 9.17) is 11.6 Å². The summed E-state index contributed by atoms with van der Waals surface area (Å²) in [5.74, 6) is 0.255. The lowest BCUT2D eigenvalue weighted by atomic mass is 9.86. The van der Waals surface area contributed by atoms with Gasteiger partial charge < -0.3 is 0 Å². The van der Waals surface area contributed by atoms with Crippen molar-refractivity contribution in [3.8, 4) is 0 Å². The number of likely N-dealkylation sites (tertiary alicyclic amines) is 1. The average Bonchev–Trinajstić information content (AvgIpc) is 2.73. The molecule has 0 radical (unpaired) electrons. The molecule has 1 fully saturated rings. The van der Waals surface area contributed by atoms with Crippen LogP contribution in [-0.4, -0.2) is 39.1 Å². The molecule has 0 bridgehead atoms. The van der Waals surface area contributed by atoms with Gasteiger partial charge in [0.2, 0.25) is 0 Å². The Balaban J connectivity index is 2.19. The fraction of sp³-hybridized carbons (Fsp3) is 0.750. The molecule has 1 aliphatic rings. The Morgan fingerprint density at radius 1 is 1.33 bits per heavy atom. The molecule has 118 valence electrons. The molecule has 0 N–H and O–H groups in total. The standard InChI is InChI=1S/C16H26ClN3O/c1-5-16(3,20-9-7-6-8-10-20)14(21)11-13-12(2)18-19(4)15(13)17/h5-11H2,1-4H3. The minimum Gasteiger partial charge on any atom is -0.297 e. The highest BCUT2D eigenvalue weighted by Gasteiger charge is 2.38. The second kappa shape index (κ2) is 6.49. The quantitative estimate of drug-likeness (QED) is 0.838. The first kappa shape index (κ1) is 16.5. The van der Waals surface area contributed by atoms with E-state index >= 15 is 0 Å². The molecule has 1 aromatic rings. The van der Waals surface area contributed by atoms with Gasteiger partial charge in [0.15, 0.2) is 5.78 Å².